The second-order valence-electron chi connectivity index (χ2n) is 5.60. The Bertz CT molecular complexity index is 924. The maximum absolute atomic E-state index is 12.3. The number of benzene rings is 2. The van der Waals surface area contributed by atoms with Crippen molar-refractivity contribution in [3.63, 3.8) is 0 Å². The first-order valence-electron chi connectivity index (χ1n) is 7.36. The number of nitrogens with one attached hydrogen (secondary N) is 1. The fourth-order valence-electron chi connectivity index (χ4n) is 2.67. The summed E-state index contributed by atoms with van der Waals surface area (Å²) in [4.78, 5) is 28.4. The summed E-state index contributed by atoms with van der Waals surface area (Å²) in [6.07, 6.45) is 1.24. The van der Waals surface area contributed by atoms with Crippen LogP contribution < -0.4 is 10.9 Å². The van der Waals surface area contributed by atoms with Gasteiger partial charge in [-0.15, -0.1) is 0 Å². The maximum Gasteiger partial charge on any atom is 0.269 e. The number of para-hydroxylation sites is 2. The van der Waals surface area contributed by atoms with Gasteiger partial charge in [-0.3, -0.25) is 14.2 Å². The molecule has 1 heterocycles. The minimum Gasteiger partial charge on any atom is -0.325 e. The van der Waals surface area contributed by atoms with Gasteiger partial charge in [-0.2, -0.15) is 0 Å². The Hall–Kier alpha value is -2.95. The third kappa shape index (κ3) is 3.29. The highest BCUT2D eigenvalue weighted by Crippen LogP contribution is 2.14. The molecular formula is C18H17N3O2. The van der Waals surface area contributed by atoms with Crippen molar-refractivity contribution in [3.8, 4) is 0 Å². The largest absolute Gasteiger partial charge is 0.325 e. The molecule has 0 atom stereocenters. The minimum absolute atomic E-state index is 0.0468. The van der Waals surface area contributed by atoms with Gasteiger partial charge in [0.2, 0.25) is 5.91 Å². The Labute approximate surface area is 133 Å². The molecule has 1 amide bonds. The van der Waals surface area contributed by atoms with E-state index in [9.17, 15) is 9.59 Å². The second kappa shape index (κ2) is 6.04. The van der Waals surface area contributed by atoms with Crippen LogP contribution in [0.2, 0.25) is 0 Å². The lowest BCUT2D eigenvalue weighted by Crippen LogP contribution is -2.28. The van der Waals surface area contributed by atoms with Crippen molar-refractivity contribution >= 4 is 22.6 Å². The van der Waals surface area contributed by atoms with E-state index in [-0.39, 0.29) is 18.0 Å². The molecule has 0 radical (unpaired) electrons. The predicted octanol–water partition coefficient (Wildman–Crippen LogP) is 2.65. The van der Waals surface area contributed by atoms with Crippen molar-refractivity contribution in [2.45, 2.75) is 20.4 Å². The SMILES string of the molecule is Cc1cc(C)cc(NC(=O)Cn2c(=O)cnc3ccccc32)c1. The molecule has 0 spiro atoms. The monoisotopic (exact) mass is 307 g/mol. The van der Waals surface area contributed by atoms with Crippen molar-refractivity contribution in [2.24, 2.45) is 0 Å². The number of amides is 1. The summed E-state index contributed by atoms with van der Waals surface area (Å²) in [7, 11) is 0. The van der Waals surface area contributed by atoms with Gasteiger partial charge < -0.3 is 5.32 Å². The third-order valence-corrected chi connectivity index (χ3v) is 3.56. The highest BCUT2D eigenvalue weighted by Gasteiger charge is 2.09. The third-order valence-electron chi connectivity index (χ3n) is 3.56. The summed E-state index contributed by atoms with van der Waals surface area (Å²) in [5.74, 6) is -0.242. The number of hydrogen-bond donors (Lipinski definition) is 1. The minimum atomic E-state index is -0.292. The molecule has 0 unspecified atom stereocenters. The summed E-state index contributed by atoms with van der Waals surface area (Å²) < 4.78 is 1.43. The molecule has 116 valence electrons. The number of fused-ring (bicyclic) bond motifs is 1. The van der Waals surface area contributed by atoms with E-state index in [1.54, 1.807) is 6.07 Å². The fourth-order valence-corrected chi connectivity index (χ4v) is 2.67. The Kier molecular flexibility index (Phi) is 3.93. The number of carbonyl (C=O) groups excluding carboxylic acids is 1. The first-order chi connectivity index (χ1) is 11.0. The Morgan fingerprint density at radius 3 is 2.57 bits per heavy atom. The van der Waals surface area contributed by atoms with E-state index in [0.29, 0.717) is 11.0 Å². The van der Waals surface area contributed by atoms with Gasteiger partial charge in [0.05, 0.1) is 17.2 Å². The van der Waals surface area contributed by atoms with Crippen LogP contribution in [0.15, 0.2) is 53.5 Å². The van der Waals surface area contributed by atoms with Gasteiger partial charge in [0.1, 0.15) is 6.54 Å². The molecule has 23 heavy (non-hydrogen) atoms. The van der Waals surface area contributed by atoms with E-state index in [4.69, 9.17) is 0 Å². The van der Waals surface area contributed by atoms with E-state index in [1.165, 1.54) is 10.8 Å². The summed E-state index contributed by atoms with van der Waals surface area (Å²) in [6, 6.07) is 13.1. The average Bonchev–Trinajstić information content (AvgIpc) is 2.49. The smallest absolute Gasteiger partial charge is 0.269 e. The molecule has 5 nitrogen and oxygen atoms in total. The van der Waals surface area contributed by atoms with Gasteiger partial charge in [0.25, 0.3) is 5.56 Å². The normalized spacial score (nSPS) is 10.7. The first-order valence-corrected chi connectivity index (χ1v) is 7.36. The molecule has 3 rings (SSSR count). The molecule has 0 aliphatic rings. The molecule has 0 saturated heterocycles. The van der Waals surface area contributed by atoms with Gasteiger partial charge >= 0.3 is 0 Å². The molecule has 0 fully saturated rings. The molecule has 0 saturated carbocycles. The summed E-state index contributed by atoms with van der Waals surface area (Å²) in [6.45, 7) is 3.90. The molecule has 1 N–H and O–H groups in total. The zero-order valence-electron chi connectivity index (χ0n) is 13.0. The quantitative estimate of drug-likeness (QED) is 0.809. The van der Waals surface area contributed by atoms with Crippen molar-refractivity contribution in [1.82, 2.24) is 9.55 Å². The lowest BCUT2D eigenvalue weighted by molar-refractivity contribution is -0.116. The molecule has 0 bridgehead atoms. The molecular weight excluding hydrogens is 290 g/mol. The Morgan fingerprint density at radius 1 is 1.13 bits per heavy atom. The fraction of sp³-hybridized carbons (Fsp3) is 0.167. The molecule has 3 aromatic rings. The van der Waals surface area contributed by atoms with E-state index < -0.39 is 0 Å². The summed E-state index contributed by atoms with van der Waals surface area (Å²) in [5, 5.41) is 2.84. The molecule has 5 heteroatoms. The topological polar surface area (TPSA) is 64.0 Å². The summed E-state index contributed by atoms with van der Waals surface area (Å²) >= 11 is 0. The average molecular weight is 307 g/mol. The van der Waals surface area contributed by atoms with Gasteiger partial charge in [-0.1, -0.05) is 18.2 Å². The van der Waals surface area contributed by atoms with Crippen LogP contribution in [0.5, 0.6) is 0 Å². The lowest BCUT2D eigenvalue weighted by Gasteiger charge is -2.11. The van der Waals surface area contributed by atoms with Crippen molar-refractivity contribution in [2.75, 3.05) is 5.32 Å². The van der Waals surface area contributed by atoms with Crippen molar-refractivity contribution in [1.29, 1.82) is 0 Å². The van der Waals surface area contributed by atoms with Crippen molar-refractivity contribution < 1.29 is 4.79 Å². The zero-order valence-corrected chi connectivity index (χ0v) is 13.0. The van der Waals surface area contributed by atoms with Crippen LogP contribution in [-0.2, 0) is 11.3 Å². The van der Waals surface area contributed by atoms with Crippen molar-refractivity contribution in [3.05, 3.63) is 70.1 Å². The highest BCUT2D eigenvalue weighted by molar-refractivity contribution is 5.91. The molecule has 2 aromatic carbocycles. The van der Waals surface area contributed by atoms with E-state index in [1.807, 2.05) is 50.2 Å². The van der Waals surface area contributed by atoms with E-state index in [0.717, 1.165) is 16.8 Å². The van der Waals surface area contributed by atoms with E-state index in [2.05, 4.69) is 10.3 Å². The number of aryl methyl sites for hydroxylation is 2. The molecule has 0 aliphatic heterocycles. The van der Waals surface area contributed by atoms with E-state index >= 15 is 0 Å². The summed E-state index contributed by atoms with van der Waals surface area (Å²) in [5.41, 5.74) is 3.93. The predicted molar refractivity (Wildman–Crippen MR) is 90.5 cm³/mol. The Morgan fingerprint density at radius 2 is 1.83 bits per heavy atom. The number of aromatic nitrogens is 2. The number of carbonyl (C=O) groups is 1. The van der Waals surface area contributed by atoms with Gasteiger partial charge in [0.15, 0.2) is 0 Å². The number of rotatable bonds is 3. The molecule has 1 aromatic heterocycles. The van der Waals surface area contributed by atoms with Crippen LogP contribution in [-0.4, -0.2) is 15.5 Å². The van der Waals surface area contributed by atoms with Gasteiger partial charge in [-0.05, 0) is 49.2 Å². The van der Waals surface area contributed by atoms with Crippen LogP contribution in [0.3, 0.4) is 0 Å². The van der Waals surface area contributed by atoms with Crippen LogP contribution >= 0.6 is 0 Å². The van der Waals surface area contributed by atoms with Crippen LogP contribution in [0.25, 0.3) is 11.0 Å². The van der Waals surface area contributed by atoms with Gasteiger partial charge in [0, 0.05) is 5.69 Å². The Balaban J connectivity index is 1.88. The number of anilines is 1. The van der Waals surface area contributed by atoms with Gasteiger partial charge in [-0.25, -0.2) is 4.98 Å². The number of nitrogens with zero attached hydrogens (tertiary/aromatic N) is 2. The van der Waals surface area contributed by atoms with Crippen LogP contribution in [0.1, 0.15) is 11.1 Å². The maximum atomic E-state index is 12.3. The molecule has 0 aliphatic carbocycles. The second-order valence-corrected chi connectivity index (χ2v) is 5.60. The first kappa shape index (κ1) is 15.0. The van der Waals surface area contributed by atoms with Crippen LogP contribution in [0, 0.1) is 13.8 Å². The standard InChI is InChI=1S/C18H17N3O2/c1-12-7-13(2)9-14(8-12)20-17(22)11-21-16-6-4-3-5-15(16)19-10-18(21)23/h3-10H,11H2,1-2H3,(H,20,22). The lowest BCUT2D eigenvalue weighted by atomic mass is 10.1. The zero-order chi connectivity index (χ0) is 16.4. The highest BCUT2D eigenvalue weighted by atomic mass is 16.2. The van der Waals surface area contributed by atoms with Crippen LogP contribution in [0.4, 0.5) is 5.69 Å². The number of hydrogen-bond acceptors (Lipinski definition) is 3.